The van der Waals surface area contributed by atoms with Crippen molar-refractivity contribution >= 4 is 23.1 Å². The Morgan fingerprint density at radius 2 is 2.17 bits per heavy atom. The molecule has 1 saturated heterocycles. The largest absolute Gasteiger partial charge is 0.355 e. The highest BCUT2D eigenvalue weighted by atomic mass is 32.1. The van der Waals surface area contributed by atoms with E-state index in [0.717, 1.165) is 42.5 Å². The fourth-order valence-electron chi connectivity index (χ4n) is 2.79. The summed E-state index contributed by atoms with van der Waals surface area (Å²) in [7, 11) is 0. The predicted octanol–water partition coefficient (Wildman–Crippen LogP) is 2.34. The highest BCUT2D eigenvalue weighted by Crippen LogP contribution is 2.23. The zero-order chi connectivity index (χ0) is 16.2. The average Bonchev–Trinajstić information content (AvgIpc) is 3.02. The molecule has 3 rings (SSSR count). The van der Waals surface area contributed by atoms with Crippen molar-refractivity contribution in [2.45, 2.75) is 32.7 Å². The molecule has 2 aromatic rings. The molecule has 122 valence electrons. The summed E-state index contributed by atoms with van der Waals surface area (Å²) in [6, 6.07) is -0.0285. The number of carbonyl (C=O) groups excluding carboxylic acids is 1. The Kier molecular flexibility index (Phi) is 4.85. The highest BCUT2D eigenvalue weighted by molar-refractivity contribution is 7.09. The number of hydrogen-bond acceptors (Lipinski definition) is 6. The van der Waals surface area contributed by atoms with E-state index in [-0.39, 0.29) is 17.9 Å². The lowest BCUT2D eigenvalue weighted by Gasteiger charge is -2.32. The van der Waals surface area contributed by atoms with Crippen molar-refractivity contribution in [2.24, 2.45) is 5.92 Å². The molecule has 7 heteroatoms. The minimum Gasteiger partial charge on any atom is -0.355 e. The van der Waals surface area contributed by atoms with Crippen molar-refractivity contribution < 1.29 is 4.79 Å². The van der Waals surface area contributed by atoms with E-state index < -0.39 is 0 Å². The molecular weight excluding hydrogens is 310 g/mol. The van der Waals surface area contributed by atoms with Gasteiger partial charge in [-0.25, -0.2) is 9.97 Å². The highest BCUT2D eigenvalue weighted by Gasteiger charge is 2.27. The molecule has 0 radical (unpaired) electrons. The third kappa shape index (κ3) is 3.85. The number of thiazole rings is 1. The number of nitrogens with one attached hydrogen (secondary N) is 1. The fourth-order valence-corrected chi connectivity index (χ4v) is 3.59. The second-order valence-electron chi connectivity index (χ2n) is 5.88. The minimum absolute atomic E-state index is 0.0285. The van der Waals surface area contributed by atoms with E-state index in [1.54, 1.807) is 29.9 Å². The van der Waals surface area contributed by atoms with Crippen LogP contribution in [0.5, 0.6) is 0 Å². The molecule has 1 atom stereocenters. The molecule has 0 bridgehead atoms. The van der Waals surface area contributed by atoms with Gasteiger partial charge < -0.3 is 10.2 Å². The van der Waals surface area contributed by atoms with Crippen molar-refractivity contribution in [3.63, 3.8) is 0 Å². The van der Waals surface area contributed by atoms with Crippen LogP contribution in [0.1, 0.15) is 36.5 Å². The van der Waals surface area contributed by atoms with Crippen molar-refractivity contribution in [1.82, 2.24) is 20.3 Å². The van der Waals surface area contributed by atoms with Crippen LogP contribution < -0.4 is 10.2 Å². The maximum atomic E-state index is 12.5. The SMILES string of the molecule is Cc1csc(C(C)NC(=O)C2CCN(c3cnccn3)CC2)n1. The minimum atomic E-state index is -0.0285. The summed E-state index contributed by atoms with van der Waals surface area (Å²) in [5.74, 6) is 1.08. The Labute approximate surface area is 140 Å². The third-order valence-electron chi connectivity index (χ3n) is 4.11. The van der Waals surface area contributed by atoms with Gasteiger partial charge in [0.1, 0.15) is 10.8 Å². The molecule has 23 heavy (non-hydrogen) atoms. The summed E-state index contributed by atoms with van der Waals surface area (Å²) in [6.45, 7) is 5.63. The molecule has 0 aromatic carbocycles. The molecule has 1 amide bonds. The second kappa shape index (κ2) is 7.04. The number of rotatable bonds is 4. The normalized spacial score (nSPS) is 17.0. The number of nitrogens with zero attached hydrogens (tertiary/aromatic N) is 4. The first-order valence-corrected chi connectivity index (χ1v) is 8.75. The van der Waals surface area contributed by atoms with E-state index in [2.05, 4.69) is 25.2 Å². The fraction of sp³-hybridized carbons (Fsp3) is 0.500. The molecule has 6 nitrogen and oxygen atoms in total. The maximum Gasteiger partial charge on any atom is 0.223 e. The van der Waals surface area contributed by atoms with Crippen molar-refractivity contribution in [1.29, 1.82) is 0 Å². The molecule has 1 aliphatic rings. The molecule has 1 N–H and O–H groups in total. The van der Waals surface area contributed by atoms with Crippen LogP contribution in [0, 0.1) is 12.8 Å². The molecule has 3 heterocycles. The van der Waals surface area contributed by atoms with Gasteiger partial charge in [-0.3, -0.25) is 9.78 Å². The Balaban J connectivity index is 1.52. The van der Waals surface area contributed by atoms with Crippen LogP contribution in [0.2, 0.25) is 0 Å². The summed E-state index contributed by atoms with van der Waals surface area (Å²) in [4.78, 5) is 27.5. The number of amides is 1. The summed E-state index contributed by atoms with van der Waals surface area (Å²) in [5, 5.41) is 6.07. The van der Waals surface area contributed by atoms with Crippen LogP contribution in [0.25, 0.3) is 0 Å². The van der Waals surface area contributed by atoms with E-state index in [1.165, 1.54) is 0 Å². The lowest BCUT2D eigenvalue weighted by Crippen LogP contribution is -2.41. The van der Waals surface area contributed by atoms with Gasteiger partial charge in [0.2, 0.25) is 5.91 Å². The summed E-state index contributed by atoms with van der Waals surface area (Å²) < 4.78 is 0. The molecule has 0 spiro atoms. The van der Waals surface area contributed by atoms with Gasteiger partial charge in [-0.1, -0.05) is 0 Å². The Bertz CT molecular complexity index is 652. The van der Waals surface area contributed by atoms with Gasteiger partial charge in [-0.2, -0.15) is 0 Å². The van der Waals surface area contributed by atoms with Gasteiger partial charge in [0.25, 0.3) is 0 Å². The average molecular weight is 331 g/mol. The molecule has 1 fully saturated rings. The van der Waals surface area contributed by atoms with Crippen LogP contribution in [-0.2, 0) is 4.79 Å². The van der Waals surface area contributed by atoms with Crippen LogP contribution >= 0.6 is 11.3 Å². The predicted molar refractivity (Wildman–Crippen MR) is 90.4 cm³/mol. The zero-order valence-electron chi connectivity index (χ0n) is 13.4. The van der Waals surface area contributed by atoms with E-state index in [1.807, 2.05) is 19.2 Å². The number of anilines is 1. The molecular formula is C16H21N5OS. The Morgan fingerprint density at radius 3 is 2.78 bits per heavy atom. The summed E-state index contributed by atoms with van der Waals surface area (Å²) >= 11 is 1.59. The number of aryl methyl sites for hydroxylation is 1. The number of carbonyl (C=O) groups is 1. The maximum absolute atomic E-state index is 12.5. The van der Waals surface area contributed by atoms with Gasteiger partial charge in [-0.15, -0.1) is 11.3 Å². The van der Waals surface area contributed by atoms with Crippen LogP contribution in [-0.4, -0.2) is 33.9 Å². The van der Waals surface area contributed by atoms with Crippen LogP contribution in [0.15, 0.2) is 24.0 Å². The van der Waals surface area contributed by atoms with Crippen molar-refractivity contribution in [3.05, 3.63) is 34.7 Å². The van der Waals surface area contributed by atoms with Gasteiger partial charge in [0.15, 0.2) is 0 Å². The van der Waals surface area contributed by atoms with Gasteiger partial charge in [-0.05, 0) is 26.7 Å². The lowest BCUT2D eigenvalue weighted by molar-refractivity contribution is -0.126. The number of hydrogen-bond donors (Lipinski definition) is 1. The standard InChI is InChI=1S/C16H21N5OS/c1-11-10-23-16(19-11)12(2)20-15(22)13-3-7-21(8-4-13)14-9-17-5-6-18-14/h5-6,9-10,12-13H,3-4,7-8H2,1-2H3,(H,20,22). The number of piperidine rings is 1. The van der Waals surface area contributed by atoms with Crippen LogP contribution in [0.4, 0.5) is 5.82 Å². The van der Waals surface area contributed by atoms with E-state index in [0.29, 0.717) is 0 Å². The molecule has 1 unspecified atom stereocenters. The first kappa shape index (κ1) is 15.9. The lowest BCUT2D eigenvalue weighted by atomic mass is 9.95. The quantitative estimate of drug-likeness (QED) is 0.931. The van der Waals surface area contributed by atoms with E-state index in [4.69, 9.17) is 0 Å². The molecule has 0 aliphatic carbocycles. The third-order valence-corrected chi connectivity index (χ3v) is 5.25. The second-order valence-corrected chi connectivity index (χ2v) is 6.77. The van der Waals surface area contributed by atoms with Crippen molar-refractivity contribution in [2.75, 3.05) is 18.0 Å². The van der Waals surface area contributed by atoms with E-state index >= 15 is 0 Å². The Hall–Kier alpha value is -2.02. The van der Waals surface area contributed by atoms with Crippen LogP contribution in [0.3, 0.4) is 0 Å². The summed E-state index contributed by atoms with van der Waals surface area (Å²) in [5.41, 5.74) is 1.00. The zero-order valence-corrected chi connectivity index (χ0v) is 14.2. The smallest absolute Gasteiger partial charge is 0.223 e. The molecule has 2 aromatic heterocycles. The first-order chi connectivity index (χ1) is 11.1. The van der Waals surface area contributed by atoms with E-state index in [9.17, 15) is 4.79 Å². The van der Waals surface area contributed by atoms with Gasteiger partial charge in [0.05, 0.1) is 12.2 Å². The van der Waals surface area contributed by atoms with Gasteiger partial charge >= 0.3 is 0 Å². The number of aromatic nitrogens is 3. The van der Waals surface area contributed by atoms with Crippen molar-refractivity contribution in [3.8, 4) is 0 Å². The molecule has 1 aliphatic heterocycles. The van der Waals surface area contributed by atoms with Gasteiger partial charge in [0, 0.05) is 42.5 Å². The topological polar surface area (TPSA) is 71.0 Å². The molecule has 0 saturated carbocycles. The monoisotopic (exact) mass is 331 g/mol. The Morgan fingerprint density at radius 1 is 1.39 bits per heavy atom. The summed E-state index contributed by atoms with van der Waals surface area (Å²) in [6.07, 6.45) is 6.82. The first-order valence-electron chi connectivity index (χ1n) is 7.87.